The molecule has 5 nitrogen and oxygen atoms in total. The summed E-state index contributed by atoms with van der Waals surface area (Å²) in [6.45, 7) is 5.75. The van der Waals surface area contributed by atoms with Gasteiger partial charge in [-0.25, -0.2) is 4.98 Å². The van der Waals surface area contributed by atoms with Crippen molar-refractivity contribution in [3.63, 3.8) is 0 Å². The van der Waals surface area contributed by atoms with E-state index in [0.717, 1.165) is 16.9 Å². The van der Waals surface area contributed by atoms with Crippen molar-refractivity contribution in [1.82, 2.24) is 14.5 Å². The molecular formula is C15H20N4O. The maximum atomic E-state index is 9.03. The van der Waals surface area contributed by atoms with E-state index < -0.39 is 0 Å². The van der Waals surface area contributed by atoms with Crippen LogP contribution in [0.4, 0.5) is 0 Å². The van der Waals surface area contributed by atoms with E-state index in [1.165, 1.54) is 11.1 Å². The van der Waals surface area contributed by atoms with Crippen LogP contribution in [-0.2, 0) is 13.1 Å². The van der Waals surface area contributed by atoms with E-state index in [2.05, 4.69) is 37.0 Å². The average molecular weight is 272 g/mol. The summed E-state index contributed by atoms with van der Waals surface area (Å²) in [7, 11) is 1.93. The summed E-state index contributed by atoms with van der Waals surface area (Å²) < 4.78 is 1.95. The second-order valence-electron chi connectivity index (χ2n) is 5.16. The molecule has 0 aliphatic carbocycles. The minimum Gasteiger partial charge on any atom is -0.395 e. The van der Waals surface area contributed by atoms with E-state index in [9.17, 15) is 0 Å². The SMILES string of the molecule is Cc1cc2nc(CN(C)CCO)n(CC#N)c2cc1C. The van der Waals surface area contributed by atoms with Crippen molar-refractivity contribution in [2.24, 2.45) is 0 Å². The van der Waals surface area contributed by atoms with Gasteiger partial charge in [0.2, 0.25) is 0 Å². The monoisotopic (exact) mass is 272 g/mol. The van der Waals surface area contributed by atoms with Gasteiger partial charge in [0, 0.05) is 6.54 Å². The highest BCUT2D eigenvalue weighted by Gasteiger charge is 2.13. The summed E-state index contributed by atoms with van der Waals surface area (Å²) >= 11 is 0. The molecule has 2 aromatic rings. The fourth-order valence-electron chi connectivity index (χ4n) is 2.29. The molecule has 2 rings (SSSR count). The number of aryl methyl sites for hydroxylation is 2. The zero-order valence-corrected chi connectivity index (χ0v) is 12.2. The van der Waals surface area contributed by atoms with E-state index >= 15 is 0 Å². The van der Waals surface area contributed by atoms with Crippen LogP contribution in [0.1, 0.15) is 17.0 Å². The van der Waals surface area contributed by atoms with Crippen molar-refractivity contribution in [1.29, 1.82) is 5.26 Å². The van der Waals surface area contributed by atoms with Crippen LogP contribution in [0.15, 0.2) is 12.1 Å². The smallest absolute Gasteiger partial charge is 0.125 e. The minimum absolute atomic E-state index is 0.118. The van der Waals surface area contributed by atoms with Crippen molar-refractivity contribution in [2.45, 2.75) is 26.9 Å². The Morgan fingerprint density at radius 2 is 2.05 bits per heavy atom. The first kappa shape index (κ1) is 14.5. The minimum atomic E-state index is 0.118. The molecule has 1 aromatic carbocycles. The van der Waals surface area contributed by atoms with E-state index in [1.807, 2.05) is 16.5 Å². The van der Waals surface area contributed by atoms with Crippen LogP contribution in [-0.4, -0.2) is 39.8 Å². The van der Waals surface area contributed by atoms with Gasteiger partial charge in [0.1, 0.15) is 12.4 Å². The van der Waals surface area contributed by atoms with Crippen molar-refractivity contribution >= 4 is 11.0 Å². The van der Waals surface area contributed by atoms with Crippen molar-refractivity contribution in [3.8, 4) is 6.07 Å². The topological polar surface area (TPSA) is 65.1 Å². The molecule has 0 saturated heterocycles. The van der Waals surface area contributed by atoms with Gasteiger partial charge in [0.25, 0.3) is 0 Å². The molecule has 0 aliphatic rings. The highest BCUT2D eigenvalue weighted by Crippen LogP contribution is 2.21. The van der Waals surface area contributed by atoms with E-state index in [4.69, 9.17) is 10.4 Å². The fourth-order valence-corrected chi connectivity index (χ4v) is 2.29. The molecule has 20 heavy (non-hydrogen) atoms. The van der Waals surface area contributed by atoms with Gasteiger partial charge in [-0.3, -0.25) is 4.90 Å². The number of benzene rings is 1. The Morgan fingerprint density at radius 3 is 2.70 bits per heavy atom. The summed E-state index contributed by atoms with van der Waals surface area (Å²) in [6.07, 6.45) is 0. The number of imidazole rings is 1. The van der Waals surface area contributed by atoms with Crippen LogP contribution in [0.5, 0.6) is 0 Å². The lowest BCUT2D eigenvalue weighted by Gasteiger charge is -2.15. The molecule has 0 unspecified atom stereocenters. The molecule has 0 amide bonds. The van der Waals surface area contributed by atoms with Crippen molar-refractivity contribution < 1.29 is 5.11 Å². The normalized spacial score (nSPS) is 11.2. The third kappa shape index (κ3) is 2.82. The Labute approximate surface area is 119 Å². The molecule has 1 heterocycles. The average Bonchev–Trinajstić information content (AvgIpc) is 2.69. The highest BCUT2D eigenvalue weighted by molar-refractivity contribution is 5.78. The molecule has 0 spiro atoms. The molecule has 106 valence electrons. The predicted molar refractivity (Wildman–Crippen MR) is 78.2 cm³/mol. The first-order valence-corrected chi connectivity index (χ1v) is 6.69. The number of nitriles is 1. The largest absolute Gasteiger partial charge is 0.395 e. The van der Waals surface area contributed by atoms with Crippen LogP contribution < -0.4 is 0 Å². The van der Waals surface area contributed by atoms with Crippen LogP contribution in [0.25, 0.3) is 11.0 Å². The summed E-state index contributed by atoms with van der Waals surface area (Å²) in [5.41, 5.74) is 4.33. The Hall–Kier alpha value is -1.90. The zero-order valence-electron chi connectivity index (χ0n) is 12.2. The molecule has 5 heteroatoms. The molecule has 1 N–H and O–H groups in total. The van der Waals surface area contributed by atoms with Gasteiger partial charge in [-0.15, -0.1) is 0 Å². The third-order valence-corrected chi connectivity index (χ3v) is 3.56. The third-order valence-electron chi connectivity index (χ3n) is 3.56. The van der Waals surface area contributed by atoms with Crippen LogP contribution in [0.2, 0.25) is 0 Å². The lowest BCUT2D eigenvalue weighted by molar-refractivity contribution is 0.213. The molecule has 0 bridgehead atoms. The number of hydrogen-bond donors (Lipinski definition) is 1. The van der Waals surface area contributed by atoms with Gasteiger partial charge in [-0.1, -0.05) is 0 Å². The molecule has 0 saturated carbocycles. The van der Waals surface area contributed by atoms with Gasteiger partial charge in [0.05, 0.1) is 30.3 Å². The Balaban J connectivity index is 2.48. The standard InChI is InChI=1S/C15H20N4O/c1-11-8-13-14(9-12(11)2)19(5-4-16)15(17-13)10-18(3)6-7-20/h8-9,20H,5-7,10H2,1-3H3. The quantitative estimate of drug-likeness (QED) is 0.898. The number of hydrogen-bond acceptors (Lipinski definition) is 4. The Bertz CT molecular complexity index is 654. The van der Waals surface area contributed by atoms with Crippen molar-refractivity contribution in [3.05, 3.63) is 29.1 Å². The molecule has 0 aliphatic heterocycles. The molecule has 0 fully saturated rings. The summed E-state index contributed by atoms with van der Waals surface area (Å²) in [5.74, 6) is 0.863. The maximum absolute atomic E-state index is 9.03. The lowest BCUT2D eigenvalue weighted by Crippen LogP contribution is -2.23. The van der Waals surface area contributed by atoms with Crippen LogP contribution in [0.3, 0.4) is 0 Å². The first-order valence-electron chi connectivity index (χ1n) is 6.69. The first-order chi connectivity index (χ1) is 9.56. The number of aliphatic hydroxyl groups is 1. The second-order valence-corrected chi connectivity index (χ2v) is 5.16. The molecular weight excluding hydrogens is 252 g/mol. The van der Waals surface area contributed by atoms with Gasteiger partial charge in [-0.2, -0.15) is 5.26 Å². The highest BCUT2D eigenvalue weighted by atomic mass is 16.3. The van der Waals surface area contributed by atoms with Gasteiger partial charge < -0.3 is 9.67 Å². The molecule has 0 radical (unpaired) electrons. The number of likely N-dealkylation sites (N-methyl/N-ethyl adjacent to an activating group) is 1. The summed E-state index contributed by atoms with van der Waals surface area (Å²) in [6, 6.07) is 6.35. The van der Waals surface area contributed by atoms with Gasteiger partial charge in [0.15, 0.2) is 0 Å². The number of nitrogens with zero attached hydrogens (tertiary/aromatic N) is 4. The summed E-state index contributed by atoms with van der Waals surface area (Å²) in [5, 5.41) is 18.0. The lowest BCUT2D eigenvalue weighted by atomic mass is 10.1. The maximum Gasteiger partial charge on any atom is 0.125 e. The number of aliphatic hydroxyl groups excluding tert-OH is 1. The molecule has 1 aromatic heterocycles. The summed E-state index contributed by atoms with van der Waals surface area (Å²) in [4.78, 5) is 6.64. The second kappa shape index (κ2) is 6.04. The van der Waals surface area contributed by atoms with Crippen LogP contribution in [0, 0.1) is 25.2 Å². The number of aromatic nitrogens is 2. The predicted octanol–water partition coefficient (Wildman–Crippen LogP) is 1.60. The zero-order chi connectivity index (χ0) is 14.7. The van der Waals surface area contributed by atoms with Crippen LogP contribution >= 0.6 is 0 Å². The van der Waals surface area contributed by atoms with Crippen molar-refractivity contribution in [2.75, 3.05) is 20.2 Å². The van der Waals surface area contributed by atoms with Gasteiger partial charge >= 0.3 is 0 Å². The van der Waals surface area contributed by atoms with E-state index in [0.29, 0.717) is 19.6 Å². The van der Waals surface area contributed by atoms with E-state index in [1.54, 1.807) is 0 Å². The molecule has 0 atom stereocenters. The fraction of sp³-hybridized carbons (Fsp3) is 0.467. The number of fused-ring (bicyclic) bond motifs is 1. The Kier molecular flexibility index (Phi) is 4.38. The van der Waals surface area contributed by atoms with E-state index in [-0.39, 0.29) is 6.61 Å². The number of rotatable bonds is 5. The van der Waals surface area contributed by atoms with Gasteiger partial charge in [-0.05, 0) is 44.2 Å². The Morgan fingerprint density at radius 1 is 1.35 bits per heavy atom.